The molecule has 0 aromatic carbocycles. The van der Waals surface area contributed by atoms with Gasteiger partial charge in [-0.3, -0.25) is 0 Å². The summed E-state index contributed by atoms with van der Waals surface area (Å²) in [5.41, 5.74) is 0. The molecule has 16 heavy (non-hydrogen) atoms. The van der Waals surface area contributed by atoms with Gasteiger partial charge in [-0.05, 0) is 50.0 Å². The van der Waals surface area contributed by atoms with Crippen molar-refractivity contribution in [3.63, 3.8) is 0 Å². The van der Waals surface area contributed by atoms with Crippen LogP contribution in [0.4, 0.5) is 0 Å². The topological polar surface area (TPSA) is 12.0 Å². The zero-order valence-corrected chi connectivity index (χ0v) is 11.3. The van der Waals surface area contributed by atoms with Crippen molar-refractivity contribution in [3.8, 4) is 0 Å². The maximum absolute atomic E-state index is 3.59. The molecule has 3 atom stereocenters. The fourth-order valence-corrected chi connectivity index (χ4v) is 3.92. The standard InChI is InChI=1S/C15H29N/c1-11(2)7-6-10-14(16-3)15-12-8-4-5-9-13(12)15/h11-16H,4-10H2,1-3H3. The molecule has 0 saturated heterocycles. The minimum atomic E-state index is 0.826. The van der Waals surface area contributed by atoms with Gasteiger partial charge in [-0.1, -0.05) is 39.5 Å². The molecule has 0 bridgehead atoms. The van der Waals surface area contributed by atoms with E-state index < -0.39 is 0 Å². The molecule has 0 aliphatic heterocycles. The van der Waals surface area contributed by atoms with Gasteiger partial charge in [0.25, 0.3) is 0 Å². The van der Waals surface area contributed by atoms with E-state index in [1.807, 2.05) is 0 Å². The highest BCUT2D eigenvalue weighted by Gasteiger charge is 2.53. The first-order valence-corrected chi connectivity index (χ1v) is 7.41. The van der Waals surface area contributed by atoms with Gasteiger partial charge in [-0.25, -0.2) is 0 Å². The van der Waals surface area contributed by atoms with Gasteiger partial charge in [-0.2, -0.15) is 0 Å². The van der Waals surface area contributed by atoms with Crippen molar-refractivity contribution >= 4 is 0 Å². The summed E-state index contributed by atoms with van der Waals surface area (Å²) in [5.74, 6) is 4.12. The van der Waals surface area contributed by atoms with Gasteiger partial charge >= 0.3 is 0 Å². The summed E-state index contributed by atoms with van der Waals surface area (Å²) in [7, 11) is 2.17. The number of rotatable bonds is 6. The van der Waals surface area contributed by atoms with Crippen LogP contribution in [0.3, 0.4) is 0 Å². The van der Waals surface area contributed by atoms with Gasteiger partial charge in [-0.15, -0.1) is 0 Å². The lowest BCUT2D eigenvalue weighted by Crippen LogP contribution is -2.28. The van der Waals surface area contributed by atoms with E-state index in [9.17, 15) is 0 Å². The van der Waals surface area contributed by atoms with Crippen LogP contribution in [0, 0.1) is 23.7 Å². The third-order valence-corrected chi connectivity index (χ3v) is 4.85. The Morgan fingerprint density at radius 3 is 2.19 bits per heavy atom. The van der Waals surface area contributed by atoms with Crippen LogP contribution in [0.5, 0.6) is 0 Å². The molecule has 1 N–H and O–H groups in total. The highest BCUT2D eigenvalue weighted by molar-refractivity contribution is 5.04. The lowest BCUT2D eigenvalue weighted by molar-refractivity contribution is 0.403. The summed E-state index contributed by atoms with van der Waals surface area (Å²) in [6.07, 6.45) is 10.3. The quantitative estimate of drug-likeness (QED) is 0.721. The maximum Gasteiger partial charge on any atom is 0.00978 e. The molecule has 0 aromatic heterocycles. The first-order valence-electron chi connectivity index (χ1n) is 7.41. The molecule has 2 rings (SSSR count). The molecular weight excluding hydrogens is 194 g/mol. The monoisotopic (exact) mass is 223 g/mol. The zero-order chi connectivity index (χ0) is 11.5. The van der Waals surface area contributed by atoms with E-state index in [1.165, 1.54) is 44.9 Å². The summed E-state index contributed by atoms with van der Waals surface area (Å²) in [5, 5.41) is 3.59. The Bertz CT molecular complexity index is 199. The van der Waals surface area contributed by atoms with Gasteiger partial charge in [0.1, 0.15) is 0 Å². The average molecular weight is 223 g/mol. The van der Waals surface area contributed by atoms with E-state index in [0.29, 0.717) is 0 Å². The van der Waals surface area contributed by atoms with Crippen molar-refractivity contribution in [3.05, 3.63) is 0 Å². The van der Waals surface area contributed by atoms with Gasteiger partial charge in [0.15, 0.2) is 0 Å². The van der Waals surface area contributed by atoms with E-state index >= 15 is 0 Å². The van der Waals surface area contributed by atoms with Crippen LogP contribution in [-0.2, 0) is 0 Å². The number of fused-ring (bicyclic) bond motifs is 1. The van der Waals surface area contributed by atoms with E-state index in [2.05, 4.69) is 26.2 Å². The van der Waals surface area contributed by atoms with Crippen molar-refractivity contribution in [1.29, 1.82) is 0 Å². The van der Waals surface area contributed by atoms with Crippen LogP contribution in [0.25, 0.3) is 0 Å². The molecule has 0 aromatic rings. The summed E-state index contributed by atoms with van der Waals surface area (Å²) >= 11 is 0. The molecule has 1 nitrogen and oxygen atoms in total. The van der Waals surface area contributed by atoms with Crippen molar-refractivity contribution in [2.45, 2.75) is 64.8 Å². The Hall–Kier alpha value is -0.0400. The second-order valence-corrected chi connectivity index (χ2v) is 6.41. The van der Waals surface area contributed by atoms with Crippen LogP contribution in [0.1, 0.15) is 58.8 Å². The van der Waals surface area contributed by atoms with Crippen LogP contribution in [0.15, 0.2) is 0 Å². The van der Waals surface area contributed by atoms with E-state index in [4.69, 9.17) is 0 Å². The molecule has 94 valence electrons. The normalized spacial score (nSPS) is 34.9. The minimum Gasteiger partial charge on any atom is -0.317 e. The Balaban J connectivity index is 1.73. The average Bonchev–Trinajstić information content (AvgIpc) is 2.98. The van der Waals surface area contributed by atoms with Gasteiger partial charge in [0, 0.05) is 6.04 Å². The van der Waals surface area contributed by atoms with Crippen LogP contribution in [0.2, 0.25) is 0 Å². The molecule has 3 unspecified atom stereocenters. The lowest BCUT2D eigenvalue weighted by Gasteiger charge is -2.17. The molecule has 0 heterocycles. The van der Waals surface area contributed by atoms with Gasteiger partial charge in [0.05, 0.1) is 0 Å². The first kappa shape index (κ1) is 12.4. The van der Waals surface area contributed by atoms with Gasteiger partial charge < -0.3 is 5.32 Å². The maximum atomic E-state index is 3.59. The molecule has 0 amide bonds. The molecule has 2 saturated carbocycles. The Labute approximate surface area is 101 Å². The Morgan fingerprint density at radius 2 is 1.69 bits per heavy atom. The van der Waals surface area contributed by atoms with E-state index in [1.54, 1.807) is 0 Å². The number of nitrogens with one attached hydrogen (secondary N) is 1. The van der Waals surface area contributed by atoms with E-state index in [-0.39, 0.29) is 0 Å². The molecule has 2 aliphatic rings. The summed E-state index contributed by atoms with van der Waals surface area (Å²) in [4.78, 5) is 0. The van der Waals surface area contributed by atoms with Crippen molar-refractivity contribution in [2.24, 2.45) is 23.7 Å². The van der Waals surface area contributed by atoms with Crippen LogP contribution < -0.4 is 5.32 Å². The predicted molar refractivity (Wildman–Crippen MR) is 70.5 cm³/mol. The minimum absolute atomic E-state index is 0.826. The molecule has 0 radical (unpaired) electrons. The molecule has 2 aliphatic carbocycles. The smallest absolute Gasteiger partial charge is 0.00978 e. The summed E-state index contributed by atoms with van der Waals surface area (Å²) in [6, 6.07) is 0.826. The number of hydrogen-bond donors (Lipinski definition) is 1. The third-order valence-electron chi connectivity index (χ3n) is 4.85. The van der Waals surface area contributed by atoms with E-state index in [0.717, 1.165) is 29.7 Å². The highest BCUT2D eigenvalue weighted by atomic mass is 14.9. The Morgan fingerprint density at radius 1 is 1.06 bits per heavy atom. The van der Waals surface area contributed by atoms with Crippen molar-refractivity contribution in [2.75, 3.05) is 7.05 Å². The predicted octanol–water partition coefficient (Wildman–Crippen LogP) is 3.84. The van der Waals surface area contributed by atoms with Crippen molar-refractivity contribution in [1.82, 2.24) is 5.32 Å². The summed E-state index contributed by atoms with van der Waals surface area (Å²) < 4.78 is 0. The fraction of sp³-hybridized carbons (Fsp3) is 1.00. The fourth-order valence-electron chi connectivity index (χ4n) is 3.92. The Kier molecular flexibility index (Phi) is 4.29. The zero-order valence-electron chi connectivity index (χ0n) is 11.3. The van der Waals surface area contributed by atoms with Crippen molar-refractivity contribution < 1.29 is 0 Å². The highest BCUT2D eigenvalue weighted by Crippen LogP contribution is 2.57. The molecular formula is C15H29N. The van der Waals surface area contributed by atoms with Crippen LogP contribution in [-0.4, -0.2) is 13.1 Å². The SMILES string of the molecule is CNC(CCCC(C)C)C1C2CCCCC21. The van der Waals surface area contributed by atoms with Gasteiger partial charge in [0.2, 0.25) is 0 Å². The lowest BCUT2D eigenvalue weighted by atomic mass is 9.99. The molecule has 2 fully saturated rings. The molecule has 1 heteroatoms. The third kappa shape index (κ3) is 2.80. The second-order valence-electron chi connectivity index (χ2n) is 6.41. The summed E-state index contributed by atoms with van der Waals surface area (Å²) in [6.45, 7) is 4.68. The largest absolute Gasteiger partial charge is 0.317 e. The molecule has 0 spiro atoms. The number of hydrogen-bond acceptors (Lipinski definition) is 1. The first-order chi connectivity index (χ1) is 7.74. The van der Waals surface area contributed by atoms with Crippen LogP contribution >= 0.6 is 0 Å². The second kappa shape index (κ2) is 5.53.